The lowest BCUT2D eigenvalue weighted by Gasteiger charge is -2.08. The lowest BCUT2D eigenvalue weighted by molar-refractivity contribution is 0.350. The first-order valence-corrected chi connectivity index (χ1v) is 3.86. The Bertz CT molecular complexity index is 59.9. The van der Waals surface area contributed by atoms with Crippen LogP contribution in [-0.4, -0.2) is 38.8 Å². The van der Waals surface area contributed by atoms with E-state index in [1.807, 2.05) is 14.1 Å². The molecule has 1 aliphatic heterocycles. The standard InChI is InChI=1S/C5H12N2.C2H7N/c6-5-7-3-1-2-4-7;1-3-2/h1-6H2;3H,1-2H3. The van der Waals surface area contributed by atoms with Crippen LogP contribution >= 0.6 is 0 Å². The molecule has 62 valence electrons. The number of nitrogens with zero attached hydrogens (tertiary/aromatic N) is 1. The van der Waals surface area contributed by atoms with Crippen molar-refractivity contribution in [2.24, 2.45) is 5.73 Å². The van der Waals surface area contributed by atoms with E-state index in [0.717, 1.165) is 6.67 Å². The van der Waals surface area contributed by atoms with Gasteiger partial charge in [0.1, 0.15) is 0 Å². The van der Waals surface area contributed by atoms with Gasteiger partial charge in [0.2, 0.25) is 0 Å². The summed E-state index contributed by atoms with van der Waals surface area (Å²) < 4.78 is 0. The first-order valence-electron chi connectivity index (χ1n) is 3.86. The SMILES string of the molecule is CNC.NCN1CCCC1. The second-order valence-corrected chi connectivity index (χ2v) is 2.51. The second kappa shape index (κ2) is 6.99. The normalized spacial score (nSPS) is 18.3. The van der Waals surface area contributed by atoms with E-state index < -0.39 is 0 Å². The summed E-state index contributed by atoms with van der Waals surface area (Å²) in [7, 11) is 3.75. The third kappa shape index (κ3) is 4.73. The Hall–Kier alpha value is -0.120. The number of nitrogens with one attached hydrogen (secondary N) is 1. The average molecular weight is 145 g/mol. The van der Waals surface area contributed by atoms with E-state index >= 15 is 0 Å². The van der Waals surface area contributed by atoms with Gasteiger partial charge in [-0.15, -0.1) is 0 Å². The quantitative estimate of drug-likeness (QED) is 0.538. The minimum atomic E-state index is 0.750. The van der Waals surface area contributed by atoms with Gasteiger partial charge in [-0.2, -0.15) is 0 Å². The molecule has 1 rings (SSSR count). The molecule has 1 heterocycles. The number of rotatable bonds is 1. The molecule has 0 radical (unpaired) electrons. The summed E-state index contributed by atoms with van der Waals surface area (Å²) in [4.78, 5) is 2.26. The van der Waals surface area contributed by atoms with Gasteiger partial charge in [0.15, 0.2) is 0 Å². The smallest absolute Gasteiger partial charge is 0.0455 e. The highest BCUT2D eigenvalue weighted by Gasteiger charge is 2.07. The third-order valence-electron chi connectivity index (χ3n) is 1.46. The first kappa shape index (κ1) is 9.88. The summed E-state index contributed by atoms with van der Waals surface area (Å²) in [5.74, 6) is 0. The molecule has 0 aromatic rings. The van der Waals surface area contributed by atoms with Crippen molar-refractivity contribution < 1.29 is 0 Å². The maximum absolute atomic E-state index is 5.36. The summed E-state index contributed by atoms with van der Waals surface area (Å²) in [6.07, 6.45) is 2.69. The number of hydrogen-bond acceptors (Lipinski definition) is 3. The molecule has 1 saturated heterocycles. The zero-order chi connectivity index (χ0) is 7.82. The van der Waals surface area contributed by atoms with Crippen molar-refractivity contribution in [1.82, 2.24) is 10.2 Å². The van der Waals surface area contributed by atoms with Crippen molar-refractivity contribution in [3.63, 3.8) is 0 Å². The van der Waals surface area contributed by atoms with Gasteiger partial charge in [-0.1, -0.05) is 0 Å². The van der Waals surface area contributed by atoms with Crippen LogP contribution in [0.4, 0.5) is 0 Å². The van der Waals surface area contributed by atoms with Gasteiger partial charge in [-0.25, -0.2) is 0 Å². The summed E-state index contributed by atoms with van der Waals surface area (Å²) in [6.45, 7) is 3.19. The molecule has 0 aliphatic carbocycles. The van der Waals surface area contributed by atoms with Crippen LogP contribution in [0.15, 0.2) is 0 Å². The van der Waals surface area contributed by atoms with Gasteiger partial charge in [0.05, 0.1) is 0 Å². The van der Waals surface area contributed by atoms with Crippen molar-refractivity contribution in [2.75, 3.05) is 33.9 Å². The van der Waals surface area contributed by atoms with Crippen LogP contribution < -0.4 is 11.1 Å². The molecule has 10 heavy (non-hydrogen) atoms. The average Bonchev–Trinajstić information content (AvgIpc) is 2.39. The zero-order valence-corrected chi connectivity index (χ0v) is 7.06. The maximum Gasteiger partial charge on any atom is 0.0455 e. The van der Waals surface area contributed by atoms with Crippen LogP contribution in [0.25, 0.3) is 0 Å². The molecule has 0 atom stereocenters. The summed E-state index contributed by atoms with van der Waals surface area (Å²) in [5.41, 5.74) is 5.36. The monoisotopic (exact) mass is 145 g/mol. The van der Waals surface area contributed by atoms with E-state index in [9.17, 15) is 0 Å². The Balaban J connectivity index is 0.000000236. The van der Waals surface area contributed by atoms with Crippen LogP contribution in [0, 0.1) is 0 Å². The first-order chi connectivity index (χ1) is 4.85. The van der Waals surface area contributed by atoms with Gasteiger partial charge in [-0.05, 0) is 40.0 Å². The van der Waals surface area contributed by atoms with Crippen molar-refractivity contribution in [2.45, 2.75) is 12.8 Å². The van der Waals surface area contributed by atoms with E-state index in [4.69, 9.17) is 5.73 Å². The van der Waals surface area contributed by atoms with E-state index in [1.165, 1.54) is 25.9 Å². The Kier molecular flexibility index (Phi) is 6.91. The number of nitrogens with two attached hydrogens (primary N) is 1. The fraction of sp³-hybridized carbons (Fsp3) is 1.00. The highest BCUT2D eigenvalue weighted by atomic mass is 15.2. The molecule has 0 aromatic carbocycles. The van der Waals surface area contributed by atoms with Crippen molar-refractivity contribution in [3.05, 3.63) is 0 Å². The number of likely N-dealkylation sites (tertiary alicyclic amines) is 1. The molecule has 0 bridgehead atoms. The van der Waals surface area contributed by atoms with Gasteiger partial charge >= 0.3 is 0 Å². The Morgan fingerprint density at radius 2 is 1.70 bits per heavy atom. The molecule has 3 heteroatoms. The minimum Gasteiger partial charge on any atom is -0.323 e. The summed E-state index contributed by atoms with van der Waals surface area (Å²) in [5, 5.41) is 2.75. The molecule has 0 amide bonds. The lowest BCUT2D eigenvalue weighted by atomic mass is 10.4. The van der Waals surface area contributed by atoms with E-state index in [0.29, 0.717) is 0 Å². The fourth-order valence-corrected chi connectivity index (χ4v) is 0.965. The largest absolute Gasteiger partial charge is 0.323 e. The predicted molar refractivity (Wildman–Crippen MR) is 44.8 cm³/mol. The van der Waals surface area contributed by atoms with E-state index in [1.54, 1.807) is 0 Å². The highest BCUT2D eigenvalue weighted by molar-refractivity contribution is 4.62. The summed E-state index contributed by atoms with van der Waals surface area (Å²) in [6, 6.07) is 0. The molecule has 3 nitrogen and oxygen atoms in total. The topological polar surface area (TPSA) is 41.3 Å². The zero-order valence-electron chi connectivity index (χ0n) is 7.06. The Morgan fingerprint density at radius 3 is 1.90 bits per heavy atom. The lowest BCUT2D eigenvalue weighted by Crippen LogP contribution is -2.26. The maximum atomic E-state index is 5.36. The second-order valence-electron chi connectivity index (χ2n) is 2.51. The van der Waals surface area contributed by atoms with Crippen LogP contribution in [0.1, 0.15) is 12.8 Å². The molecular formula is C7H19N3. The predicted octanol–water partition coefficient (Wildman–Crippen LogP) is -0.166. The molecule has 0 unspecified atom stereocenters. The van der Waals surface area contributed by atoms with Gasteiger partial charge in [0, 0.05) is 6.67 Å². The molecule has 1 aliphatic rings. The molecule has 1 fully saturated rings. The highest BCUT2D eigenvalue weighted by Crippen LogP contribution is 2.03. The van der Waals surface area contributed by atoms with Gasteiger partial charge in [-0.3, -0.25) is 4.90 Å². The van der Waals surface area contributed by atoms with Crippen LogP contribution in [0.2, 0.25) is 0 Å². The van der Waals surface area contributed by atoms with Crippen molar-refractivity contribution in [3.8, 4) is 0 Å². The van der Waals surface area contributed by atoms with Crippen LogP contribution in [0.5, 0.6) is 0 Å². The third-order valence-corrected chi connectivity index (χ3v) is 1.46. The van der Waals surface area contributed by atoms with Crippen molar-refractivity contribution in [1.29, 1.82) is 0 Å². The van der Waals surface area contributed by atoms with E-state index in [-0.39, 0.29) is 0 Å². The Morgan fingerprint density at radius 1 is 1.30 bits per heavy atom. The van der Waals surface area contributed by atoms with Gasteiger partial charge < -0.3 is 11.1 Å². The van der Waals surface area contributed by atoms with Crippen LogP contribution in [-0.2, 0) is 0 Å². The van der Waals surface area contributed by atoms with E-state index in [2.05, 4.69) is 10.2 Å². The molecule has 0 aromatic heterocycles. The molecule has 0 saturated carbocycles. The molecule has 0 spiro atoms. The molecular weight excluding hydrogens is 126 g/mol. The Labute approximate surface area is 63.6 Å². The fourth-order valence-electron chi connectivity index (χ4n) is 0.965. The van der Waals surface area contributed by atoms with Gasteiger partial charge in [0.25, 0.3) is 0 Å². The van der Waals surface area contributed by atoms with Crippen molar-refractivity contribution >= 4 is 0 Å². The van der Waals surface area contributed by atoms with Crippen LogP contribution in [0.3, 0.4) is 0 Å². The molecule has 3 N–H and O–H groups in total. The summed E-state index contributed by atoms with van der Waals surface area (Å²) >= 11 is 0. The number of hydrogen-bond donors (Lipinski definition) is 2. The minimum absolute atomic E-state index is 0.750.